The van der Waals surface area contributed by atoms with Crippen molar-refractivity contribution < 1.29 is 4.92 Å². The molecule has 5 aliphatic rings. The molecule has 0 atom stereocenters. The van der Waals surface area contributed by atoms with Crippen molar-refractivity contribution in [2.45, 2.75) is 0 Å². The molecule has 0 aliphatic carbocycles. The van der Waals surface area contributed by atoms with Crippen LogP contribution in [0, 0.1) is 10.1 Å². The lowest BCUT2D eigenvalue weighted by molar-refractivity contribution is -0.385. The number of rotatable bonds is 5. The van der Waals surface area contributed by atoms with Crippen LogP contribution >= 0.6 is 0 Å². The second kappa shape index (κ2) is 12.4. The van der Waals surface area contributed by atoms with Crippen LogP contribution in [-0.2, 0) is 0 Å². The summed E-state index contributed by atoms with van der Waals surface area (Å²) in [7, 11) is 0. The molecular weight excluding hydrogens is 631 g/mol. The van der Waals surface area contributed by atoms with Crippen LogP contribution in [0.25, 0.3) is 22.3 Å². The molecule has 0 aromatic heterocycles. The van der Waals surface area contributed by atoms with Gasteiger partial charge < -0.3 is 0 Å². The zero-order chi connectivity index (χ0) is 34.3. The van der Waals surface area contributed by atoms with E-state index in [1.54, 1.807) is 18.2 Å². The Morgan fingerprint density at radius 3 is 1.06 bits per heavy atom. The smallest absolute Gasteiger partial charge is 0.258 e. The van der Waals surface area contributed by atoms with Crippen LogP contribution in [0.2, 0.25) is 0 Å². The zero-order valence-corrected chi connectivity index (χ0v) is 27.1. The molecule has 0 saturated heterocycles. The number of benzene rings is 4. The van der Waals surface area contributed by atoms with Gasteiger partial charge in [0.25, 0.3) is 5.69 Å². The van der Waals surface area contributed by atoms with Crippen molar-refractivity contribution in [3.63, 3.8) is 0 Å². The minimum absolute atomic E-state index is 0.0239. The van der Waals surface area contributed by atoms with Crippen LogP contribution in [-0.4, -0.2) is 27.8 Å². The minimum Gasteiger partial charge on any atom is -0.258 e. The lowest BCUT2D eigenvalue weighted by atomic mass is 9.97. The Labute approximate surface area is 294 Å². The number of aliphatic imine (C=N–C) groups is 4. The molecule has 51 heavy (non-hydrogen) atoms. The van der Waals surface area contributed by atoms with E-state index >= 15 is 0 Å². The third kappa shape index (κ3) is 5.34. The average molecular weight is 658 g/mol. The average Bonchev–Trinajstić information content (AvgIpc) is 4.01. The number of nitrogens with zero attached hydrogens (tertiary/aromatic N) is 5. The van der Waals surface area contributed by atoms with Crippen molar-refractivity contribution in [2.24, 2.45) is 20.0 Å². The highest BCUT2D eigenvalue weighted by Gasteiger charge is 2.29. The van der Waals surface area contributed by atoms with Crippen molar-refractivity contribution in [3.05, 3.63) is 219 Å². The fourth-order valence-electron chi connectivity index (χ4n) is 6.91. The van der Waals surface area contributed by atoms with E-state index in [0.717, 1.165) is 56.2 Å². The van der Waals surface area contributed by atoms with E-state index in [9.17, 15) is 10.1 Å². The van der Waals surface area contributed by atoms with Gasteiger partial charge in [0.05, 0.1) is 56.1 Å². The summed E-state index contributed by atoms with van der Waals surface area (Å²) in [5.41, 5.74) is 12.1. The van der Waals surface area contributed by atoms with Gasteiger partial charge in [0, 0.05) is 28.4 Å². The van der Waals surface area contributed by atoms with Crippen LogP contribution in [0.5, 0.6) is 0 Å². The number of nitro benzene ring substituents is 1. The Kier molecular flexibility index (Phi) is 7.29. The lowest BCUT2D eigenvalue weighted by Crippen LogP contribution is -2.05. The van der Waals surface area contributed by atoms with Crippen molar-refractivity contribution >= 4 is 50.8 Å². The maximum atomic E-state index is 12.4. The Morgan fingerprint density at radius 2 is 0.686 bits per heavy atom. The molecule has 4 aromatic carbocycles. The molecule has 0 fully saturated rings. The summed E-state index contributed by atoms with van der Waals surface area (Å²) in [4.78, 5) is 32.9. The Bertz CT molecular complexity index is 2520. The standard InChI is InChI=1S/C44H27N5O2/c50-49(51)40-19-11-10-18-31(40)44-38-26-24-36(47-38)42(29-14-6-2-7-15-29)34-22-20-32(45-34)41(28-12-4-1-5-13-28)33-21-23-35(46-33)43(30-16-8-3-9-17-30)37-25-27-39(44)48-37/h1-27H. The second-order valence-electron chi connectivity index (χ2n) is 12.2. The van der Waals surface area contributed by atoms with E-state index < -0.39 is 0 Å². The number of nitro groups is 1. The molecular formula is C44H27N5O2. The third-order valence-corrected chi connectivity index (χ3v) is 9.17. The van der Waals surface area contributed by atoms with Crippen molar-refractivity contribution in [1.82, 2.24) is 0 Å². The number of fused-ring (bicyclic) bond motifs is 4. The van der Waals surface area contributed by atoms with Gasteiger partial charge >= 0.3 is 0 Å². The van der Waals surface area contributed by atoms with Crippen molar-refractivity contribution in [3.8, 4) is 0 Å². The first-order chi connectivity index (χ1) is 25.1. The first kappa shape index (κ1) is 30.0. The summed E-state index contributed by atoms with van der Waals surface area (Å²) < 4.78 is 0. The number of allylic oxidation sites excluding steroid dienone is 12. The van der Waals surface area contributed by atoms with E-state index in [4.69, 9.17) is 20.0 Å². The van der Waals surface area contributed by atoms with Crippen LogP contribution in [0.15, 0.2) is 207 Å². The topological polar surface area (TPSA) is 92.6 Å². The number of hydrogen-bond donors (Lipinski definition) is 0. The van der Waals surface area contributed by atoms with Crippen molar-refractivity contribution in [2.75, 3.05) is 0 Å². The molecule has 7 heteroatoms. The molecule has 0 spiro atoms. The fourth-order valence-corrected chi connectivity index (χ4v) is 6.91. The largest absolute Gasteiger partial charge is 0.277 e. The van der Waals surface area contributed by atoms with Gasteiger partial charge in [0.2, 0.25) is 0 Å². The molecule has 9 rings (SSSR count). The SMILES string of the molecule is O=[N+]([O-])c1ccccc1C1=C2C=CC(=N2)C(c2ccccc2)=C2C=CC(=N2)C(c2ccccc2)=C2C=CC(=N2)C(c2ccccc2)=C2C=CC1=N2. The summed E-state index contributed by atoms with van der Waals surface area (Å²) in [6, 6.07) is 37.1. The molecule has 5 aliphatic heterocycles. The molecule has 0 radical (unpaired) electrons. The number of para-hydroxylation sites is 1. The highest BCUT2D eigenvalue weighted by atomic mass is 16.6. The molecule has 0 N–H and O–H groups in total. The quantitative estimate of drug-likeness (QED) is 0.158. The molecule has 240 valence electrons. The van der Waals surface area contributed by atoms with Crippen LogP contribution in [0.4, 0.5) is 5.69 Å². The van der Waals surface area contributed by atoms with Crippen LogP contribution < -0.4 is 0 Å². The van der Waals surface area contributed by atoms with E-state index in [-0.39, 0.29) is 10.6 Å². The van der Waals surface area contributed by atoms with E-state index in [2.05, 4.69) is 12.1 Å². The monoisotopic (exact) mass is 657 g/mol. The molecule has 7 nitrogen and oxygen atoms in total. The minimum atomic E-state index is -0.357. The maximum absolute atomic E-state index is 12.4. The summed E-state index contributed by atoms with van der Waals surface area (Å²) in [5, 5.41) is 12.4. The lowest BCUT2D eigenvalue weighted by Gasteiger charge is -2.12. The zero-order valence-electron chi connectivity index (χ0n) is 27.1. The molecule has 5 heterocycles. The van der Waals surface area contributed by atoms with E-state index in [0.29, 0.717) is 34.0 Å². The van der Waals surface area contributed by atoms with Gasteiger partial charge in [0.15, 0.2) is 0 Å². The van der Waals surface area contributed by atoms with Crippen LogP contribution in [0.3, 0.4) is 0 Å². The van der Waals surface area contributed by atoms with E-state index in [1.807, 2.05) is 127 Å². The normalized spacial score (nSPS) is 17.4. The fraction of sp³-hybridized carbons (Fsp3) is 0. The molecule has 0 amide bonds. The van der Waals surface area contributed by atoms with E-state index in [1.165, 1.54) is 6.07 Å². The summed E-state index contributed by atoms with van der Waals surface area (Å²) in [6.45, 7) is 0. The number of hydrogen-bond acceptors (Lipinski definition) is 6. The predicted molar refractivity (Wildman–Crippen MR) is 206 cm³/mol. The first-order valence-corrected chi connectivity index (χ1v) is 16.6. The van der Waals surface area contributed by atoms with Gasteiger partial charge in [-0.1, -0.05) is 103 Å². The van der Waals surface area contributed by atoms with Crippen LogP contribution in [0.1, 0.15) is 22.3 Å². The van der Waals surface area contributed by atoms with Gasteiger partial charge in [-0.15, -0.1) is 0 Å². The maximum Gasteiger partial charge on any atom is 0.277 e. The van der Waals surface area contributed by atoms with Gasteiger partial charge in [-0.2, -0.15) is 0 Å². The van der Waals surface area contributed by atoms with Gasteiger partial charge in [0.1, 0.15) is 0 Å². The Morgan fingerprint density at radius 1 is 0.373 bits per heavy atom. The third-order valence-electron chi connectivity index (χ3n) is 9.17. The molecule has 0 saturated carbocycles. The molecule has 0 unspecified atom stereocenters. The molecule has 8 bridgehead atoms. The summed E-state index contributed by atoms with van der Waals surface area (Å²) in [5.74, 6) is 0. The van der Waals surface area contributed by atoms with Gasteiger partial charge in [-0.05, 0) is 71.4 Å². The Hall–Kier alpha value is -7.12. The second-order valence-corrected chi connectivity index (χ2v) is 12.2. The van der Waals surface area contributed by atoms with Crippen molar-refractivity contribution in [1.29, 1.82) is 0 Å². The van der Waals surface area contributed by atoms with Gasteiger partial charge in [-0.3, -0.25) is 10.1 Å². The highest BCUT2D eigenvalue weighted by Crippen LogP contribution is 2.39. The highest BCUT2D eigenvalue weighted by molar-refractivity contribution is 6.39. The molecule has 4 aromatic rings. The predicted octanol–water partition coefficient (Wildman–Crippen LogP) is 9.60. The Balaban J connectivity index is 1.39. The summed E-state index contributed by atoms with van der Waals surface area (Å²) in [6.07, 6.45) is 15.9. The summed E-state index contributed by atoms with van der Waals surface area (Å²) >= 11 is 0. The van der Waals surface area contributed by atoms with Gasteiger partial charge in [-0.25, -0.2) is 20.0 Å². The first-order valence-electron chi connectivity index (χ1n) is 16.6.